The van der Waals surface area contributed by atoms with E-state index in [4.69, 9.17) is 5.11 Å². The number of rotatable bonds is 3. The van der Waals surface area contributed by atoms with Crippen LogP contribution in [0.1, 0.15) is 11.7 Å². The van der Waals surface area contributed by atoms with Crippen LogP contribution < -0.4 is 0 Å². The second-order valence-corrected chi connectivity index (χ2v) is 3.53. The predicted octanol–water partition coefficient (Wildman–Crippen LogP) is 0.693. The van der Waals surface area contributed by atoms with Gasteiger partial charge in [-0.25, -0.2) is 0 Å². The molecule has 1 aromatic rings. The Balaban J connectivity index is 2.80. The number of likely N-dealkylation sites (N-methyl/N-ethyl adjacent to an activating group) is 1. The third-order valence-corrected chi connectivity index (χ3v) is 1.92. The molecule has 0 aliphatic rings. The molecule has 0 radical (unpaired) electrons. The lowest BCUT2D eigenvalue weighted by molar-refractivity contribution is 0.138. The highest BCUT2D eigenvalue weighted by Gasteiger charge is 2.10. The van der Waals surface area contributed by atoms with Crippen molar-refractivity contribution in [3.8, 4) is 11.5 Å². The van der Waals surface area contributed by atoms with Crippen LogP contribution in [0.4, 0.5) is 0 Å². The number of aliphatic hydroxyl groups is 1. The molecule has 0 aliphatic carbocycles. The van der Waals surface area contributed by atoms with Crippen molar-refractivity contribution >= 4 is 0 Å². The van der Waals surface area contributed by atoms with Crippen LogP contribution in [-0.4, -0.2) is 40.9 Å². The molecule has 0 saturated heterocycles. The minimum Gasteiger partial charge on any atom is -0.504 e. The molecule has 0 aromatic heterocycles. The van der Waals surface area contributed by atoms with Crippen molar-refractivity contribution in [3.05, 3.63) is 23.8 Å². The van der Waals surface area contributed by atoms with Gasteiger partial charge >= 0.3 is 0 Å². The van der Waals surface area contributed by atoms with E-state index in [1.807, 2.05) is 19.0 Å². The molecule has 0 spiro atoms. The molecule has 0 unspecified atom stereocenters. The van der Waals surface area contributed by atoms with E-state index in [0.29, 0.717) is 12.1 Å². The van der Waals surface area contributed by atoms with Gasteiger partial charge in [-0.15, -0.1) is 0 Å². The molecule has 0 aliphatic heterocycles. The minimum atomic E-state index is -0.656. The van der Waals surface area contributed by atoms with Gasteiger partial charge in [-0.1, -0.05) is 6.07 Å². The van der Waals surface area contributed by atoms with E-state index in [1.165, 1.54) is 12.1 Å². The highest BCUT2D eigenvalue weighted by atomic mass is 16.3. The van der Waals surface area contributed by atoms with Crippen LogP contribution in [0.3, 0.4) is 0 Å². The maximum absolute atomic E-state index is 9.67. The summed E-state index contributed by atoms with van der Waals surface area (Å²) in [7, 11) is 3.70. The fourth-order valence-corrected chi connectivity index (χ4v) is 1.20. The number of hydrogen-bond acceptors (Lipinski definition) is 4. The van der Waals surface area contributed by atoms with Crippen molar-refractivity contribution in [1.82, 2.24) is 4.90 Å². The fraction of sp³-hybridized carbons (Fsp3) is 0.400. The summed E-state index contributed by atoms with van der Waals surface area (Å²) < 4.78 is 0. The summed E-state index contributed by atoms with van der Waals surface area (Å²) in [6.07, 6.45) is -0.656. The van der Waals surface area contributed by atoms with Crippen molar-refractivity contribution in [2.45, 2.75) is 6.10 Å². The molecule has 4 heteroatoms. The Morgan fingerprint density at radius 2 is 1.86 bits per heavy atom. The second-order valence-electron chi connectivity index (χ2n) is 3.53. The first-order chi connectivity index (χ1) is 6.50. The van der Waals surface area contributed by atoms with Crippen LogP contribution in [0.5, 0.6) is 11.5 Å². The van der Waals surface area contributed by atoms with E-state index < -0.39 is 6.10 Å². The summed E-state index contributed by atoms with van der Waals surface area (Å²) in [5.41, 5.74) is 0.592. The van der Waals surface area contributed by atoms with Crippen molar-refractivity contribution < 1.29 is 15.3 Å². The van der Waals surface area contributed by atoms with Gasteiger partial charge < -0.3 is 20.2 Å². The molecule has 0 saturated carbocycles. The first kappa shape index (κ1) is 10.8. The van der Waals surface area contributed by atoms with Gasteiger partial charge in [0.25, 0.3) is 0 Å². The average molecular weight is 197 g/mol. The first-order valence-corrected chi connectivity index (χ1v) is 4.35. The molecule has 1 atom stereocenters. The monoisotopic (exact) mass is 197 g/mol. The van der Waals surface area contributed by atoms with E-state index >= 15 is 0 Å². The molecule has 78 valence electrons. The van der Waals surface area contributed by atoms with Crippen LogP contribution >= 0.6 is 0 Å². The Labute approximate surface area is 83.0 Å². The molecule has 0 heterocycles. The SMILES string of the molecule is CN(C)C[C@@H](O)c1ccc(O)c(O)c1. The van der Waals surface area contributed by atoms with Crippen LogP contribution in [0, 0.1) is 0 Å². The van der Waals surface area contributed by atoms with Gasteiger partial charge in [0.15, 0.2) is 11.5 Å². The predicted molar refractivity (Wildman–Crippen MR) is 53.3 cm³/mol. The van der Waals surface area contributed by atoms with E-state index in [-0.39, 0.29) is 11.5 Å². The Morgan fingerprint density at radius 1 is 1.21 bits per heavy atom. The molecular formula is C10H15NO3. The Hall–Kier alpha value is -1.26. The van der Waals surface area contributed by atoms with Crippen molar-refractivity contribution in [2.24, 2.45) is 0 Å². The molecule has 3 N–H and O–H groups in total. The third-order valence-electron chi connectivity index (χ3n) is 1.92. The highest BCUT2D eigenvalue weighted by molar-refractivity contribution is 5.41. The number of aliphatic hydroxyl groups excluding tert-OH is 1. The number of nitrogens with zero attached hydrogens (tertiary/aromatic N) is 1. The topological polar surface area (TPSA) is 63.9 Å². The largest absolute Gasteiger partial charge is 0.504 e. The maximum Gasteiger partial charge on any atom is 0.157 e. The maximum atomic E-state index is 9.67. The van der Waals surface area contributed by atoms with Crippen LogP contribution in [0.25, 0.3) is 0 Å². The number of phenolic OH excluding ortho intramolecular Hbond substituents is 2. The lowest BCUT2D eigenvalue weighted by Gasteiger charge is -2.16. The summed E-state index contributed by atoms with van der Waals surface area (Å²) in [6.45, 7) is 0.476. The third kappa shape index (κ3) is 2.61. The summed E-state index contributed by atoms with van der Waals surface area (Å²) in [6, 6.07) is 4.32. The number of aromatic hydroxyl groups is 2. The molecule has 0 fully saturated rings. The standard InChI is InChI=1S/C10H15NO3/c1-11(2)6-10(14)7-3-4-8(12)9(13)5-7/h3-5,10,12-14H,6H2,1-2H3/t10-/m1/s1. The number of benzene rings is 1. The van der Waals surface area contributed by atoms with Crippen molar-refractivity contribution in [2.75, 3.05) is 20.6 Å². The minimum absolute atomic E-state index is 0.175. The van der Waals surface area contributed by atoms with Gasteiger partial charge in [-0.05, 0) is 31.8 Å². The second kappa shape index (κ2) is 4.30. The van der Waals surface area contributed by atoms with E-state index in [9.17, 15) is 10.2 Å². The smallest absolute Gasteiger partial charge is 0.157 e. The lowest BCUT2D eigenvalue weighted by Crippen LogP contribution is -2.19. The van der Waals surface area contributed by atoms with E-state index in [2.05, 4.69) is 0 Å². The van der Waals surface area contributed by atoms with Crippen LogP contribution in [0.2, 0.25) is 0 Å². The molecule has 4 nitrogen and oxygen atoms in total. The Bertz CT molecular complexity index is 312. The zero-order chi connectivity index (χ0) is 10.7. The summed E-state index contributed by atoms with van der Waals surface area (Å²) in [5.74, 6) is -0.383. The van der Waals surface area contributed by atoms with E-state index in [0.717, 1.165) is 0 Å². The van der Waals surface area contributed by atoms with Crippen LogP contribution in [0.15, 0.2) is 18.2 Å². The lowest BCUT2D eigenvalue weighted by atomic mass is 10.1. The van der Waals surface area contributed by atoms with E-state index in [1.54, 1.807) is 6.07 Å². The average Bonchev–Trinajstić information content (AvgIpc) is 2.08. The quantitative estimate of drug-likeness (QED) is 0.624. The zero-order valence-corrected chi connectivity index (χ0v) is 8.31. The van der Waals surface area contributed by atoms with Gasteiger partial charge in [0.05, 0.1) is 6.10 Å². The normalized spacial score (nSPS) is 13.1. The molecule has 1 rings (SSSR count). The molecule has 0 amide bonds. The molecular weight excluding hydrogens is 182 g/mol. The Morgan fingerprint density at radius 3 is 2.36 bits per heavy atom. The Kier molecular flexibility index (Phi) is 3.33. The van der Waals surface area contributed by atoms with Gasteiger partial charge in [-0.2, -0.15) is 0 Å². The molecule has 14 heavy (non-hydrogen) atoms. The zero-order valence-electron chi connectivity index (χ0n) is 8.31. The summed E-state index contributed by atoms with van der Waals surface area (Å²) in [4.78, 5) is 1.84. The molecule has 1 aromatic carbocycles. The number of hydrogen-bond donors (Lipinski definition) is 3. The summed E-state index contributed by atoms with van der Waals surface area (Å²) >= 11 is 0. The van der Waals surface area contributed by atoms with Crippen molar-refractivity contribution in [1.29, 1.82) is 0 Å². The first-order valence-electron chi connectivity index (χ1n) is 4.35. The van der Waals surface area contributed by atoms with Crippen LogP contribution in [-0.2, 0) is 0 Å². The fourth-order valence-electron chi connectivity index (χ4n) is 1.20. The van der Waals surface area contributed by atoms with Gasteiger partial charge in [0.1, 0.15) is 0 Å². The highest BCUT2D eigenvalue weighted by Crippen LogP contribution is 2.27. The number of phenols is 2. The van der Waals surface area contributed by atoms with Crippen molar-refractivity contribution in [3.63, 3.8) is 0 Å². The van der Waals surface area contributed by atoms with Gasteiger partial charge in [0, 0.05) is 6.54 Å². The summed E-state index contributed by atoms with van der Waals surface area (Å²) in [5, 5.41) is 27.9. The van der Waals surface area contributed by atoms with Gasteiger partial charge in [-0.3, -0.25) is 0 Å². The van der Waals surface area contributed by atoms with Gasteiger partial charge in [0.2, 0.25) is 0 Å². The molecule has 0 bridgehead atoms.